The molecule has 1 N–H and O–H groups in total. The molecule has 0 aromatic rings. The first-order chi connectivity index (χ1) is 5.27. The Kier molecular flexibility index (Phi) is 6.08. The average Bonchev–Trinajstić information content (AvgIpc) is 1.96. The molecule has 11 heavy (non-hydrogen) atoms. The molecule has 0 fully saturated rings. The van der Waals surface area contributed by atoms with Crippen LogP contribution in [0.5, 0.6) is 0 Å². The number of allylic oxidation sites excluding steroid dienone is 2. The van der Waals surface area contributed by atoms with Gasteiger partial charge in [-0.25, -0.2) is 4.79 Å². The minimum Gasteiger partial charge on any atom is -0.490 e. The molecule has 0 saturated heterocycles. The molecular formula is C8H12O3. The van der Waals surface area contributed by atoms with E-state index in [9.17, 15) is 4.79 Å². The van der Waals surface area contributed by atoms with E-state index in [0.717, 1.165) is 12.8 Å². The molecule has 0 aliphatic rings. The van der Waals surface area contributed by atoms with E-state index in [1.807, 2.05) is 0 Å². The van der Waals surface area contributed by atoms with Crippen molar-refractivity contribution < 1.29 is 14.6 Å². The van der Waals surface area contributed by atoms with Gasteiger partial charge >= 0.3 is 5.97 Å². The van der Waals surface area contributed by atoms with E-state index in [1.165, 1.54) is 6.26 Å². The Morgan fingerprint density at radius 2 is 2.27 bits per heavy atom. The Labute approximate surface area is 66.0 Å². The number of unbranched alkanes of at least 4 members (excludes halogenated alkanes) is 1. The normalized spacial score (nSPS) is 9.82. The monoisotopic (exact) mass is 156 g/mol. The second-order valence-corrected chi connectivity index (χ2v) is 1.94. The van der Waals surface area contributed by atoms with Crippen LogP contribution in [0.3, 0.4) is 0 Å². The van der Waals surface area contributed by atoms with Crippen molar-refractivity contribution in [2.45, 2.75) is 12.8 Å². The van der Waals surface area contributed by atoms with Gasteiger partial charge in [-0.05, 0) is 18.9 Å². The highest BCUT2D eigenvalue weighted by Crippen LogP contribution is 1.90. The third-order valence-electron chi connectivity index (χ3n) is 0.937. The highest BCUT2D eigenvalue weighted by molar-refractivity contribution is 5.68. The second-order valence-electron chi connectivity index (χ2n) is 1.94. The van der Waals surface area contributed by atoms with Gasteiger partial charge in [-0.3, -0.25) is 0 Å². The van der Waals surface area contributed by atoms with Gasteiger partial charge in [-0.1, -0.05) is 6.08 Å². The Morgan fingerprint density at radius 1 is 1.55 bits per heavy atom. The third kappa shape index (κ3) is 8.75. The molecule has 0 amide bonds. The number of carboxylic acids is 1. The van der Waals surface area contributed by atoms with Crippen LogP contribution in [0.4, 0.5) is 0 Å². The molecule has 3 nitrogen and oxygen atoms in total. The van der Waals surface area contributed by atoms with Gasteiger partial charge in [0.1, 0.15) is 0 Å². The fraction of sp³-hybridized carbons (Fsp3) is 0.375. The summed E-state index contributed by atoms with van der Waals surface area (Å²) in [6, 6.07) is 0. The van der Waals surface area contributed by atoms with E-state index >= 15 is 0 Å². The maximum Gasteiger partial charge on any atom is 0.341 e. The number of rotatable bonds is 6. The van der Waals surface area contributed by atoms with Crippen LogP contribution >= 0.6 is 0 Å². The molecule has 0 bridgehead atoms. The molecule has 0 rings (SSSR count). The van der Waals surface area contributed by atoms with Crippen LogP contribution < -0.4 is 0 Å². The number of hydrogen-bond donors (Lipinski definition) is 1. The number of carbonyl (C=O) groups is 1. The van der Waals surface area contributed by atoms with Crippen LogP contribution in [0.15, 0.2) is 25.0 Å². The maximum atomic E-state index is 9.91. The highest BCUT2D eigenvalue weighted by Gasteiger charge is 1.90. The zero-order chi connectivity index (χ0) is 8.53. The second kappa shape index (κ2) is 6.86. The van der Waals surface area contributed by atoms with E-state index in [2.05, 4.69) is 11.3 Å². The fourth-order valence-corrected chi connectivity index (χ4v) is 0.470. The summed E-state index contributed by atoms with van der Waals surface area (Å²) in [5, 5.41) is 8.14. The maximum absolute atomic E-state index is 9.91. The minimum absolute atomic E-state index is 0.273. The van der Waals surface area contributed by atoms with Crippen molar-refractivity contribution in [3.63, 3.8) is 0 Å². The van der Waals surface area contributed by atoms with Crippen LogP contribution in [0, 0.1) is 0 Å². The first kappa shape index (κ1) is 9.75. The smallest absolute Gasteiger partial charge is 0.341 e. The molecule has 0 radical (unpaired) electrons. The van der Waals surface area contributed by atoms with Crippen molar-refractivity contribution >= 4 is 5.97 Å². The van der Waals surface area contributed by atoms with Crippen molar-refractivity contribution in [3.8, 4) is 0 Å². The van der Waals surface area contributed by atoms with Crippen LogP contribution in [-0.4, -0.2) is 17.7 Å². The van der Waals surface area contributed by atoms with Crippen molar-refractivity contribution in [2.24, 2.45) is 0 Å². The lowest BCUT2D eigenvalue weighted by Crippen LogP contribution is -2.02. The SMILES string of the molecule is C=CCCC=COCC(=O)O. The van der Waals surface area contributed by atoms with Crippen LogP contribution in [-0.2, 0) is 9.53 Å². The van der Waals surface area contributed by atoms with Crippen LogP contribution in [0.1, 0.15) is 12.8 Å². The number of hydrogen-bond acceptors (Lipinski definition) is 2. The van der Waals surface area contributed by atoms with Crippen LogP contribution in [0.25, 0.3) is 0 Å². The number of aliphatic carboxylic acids is 1. The van der Waals surface area contributed by atoms with Gasteiger partial charge in [0.15, 0.2) is 6.61 Å². The Morgan fingerprint density at radius 3 is 2.82 bits per heavy atom. The predicted octanol–water partition coefficient (Wildman–Crippen LogP) is 1.57. The first-order valence-electron chi connectivity index (χ1n) is 3.36. The summed E-state index contributed by atoms with van der Waals surface area (Å²) in [6.07, 6.45) is 6.68. The van der Waals surface area contributed by atoms with E-state index in [-0.39, 0.29) is 6.61 Å². The van der Waals surface area contributed by atoms with Gasteiger partial charge in [0, 0.05) is 0 Å². The molecule has 0 spiro atoms. The minimum atomic E-state index is -0.960. The third-order valence-corrected chi connectivity index (χ3v) is 0.937. The van der Waals surface area contributed by atoms with Gasteiger partial charge in [0.2, 0.25) is 0 Å². The van der Waals surface area contributed by atoms with Gasteiger partial charge in [-0.15, -0.1) is 6.58 Å². The van der Waals surface area contributed by atoms with Gasteiger partial charge in [-0.2, -0.15) is 0 Å². The standard InChI is InChI=1S/C8H12O3/c1-2-3-4-5-6-11-7-8(9)10/h2,5-6H,1,3-4,7H2,(H,9,10). The topological polar surface area (TPSA) is 46.5 Å². The Bertz CT molecular complexity index is 149. The van der Waals surface area contributed by atoms with Gasteiger partial charge < -0.3 is 9.84 Å². The summed E-state index contributed by atoms with van der Waals surface area (Å²) in [5.41, 5.74) is 0. The van der Waals surface area contributed by atoms with E-state index in [1.54, 1.807) is 12.2 Å². The Hall–Kier alpha value is -1.25. The lowest BCUT2D eigenvalue weighted by atomic mass is 10.3. The van der Waals surface area contributed by atoms with E-state index in [4.69, 9.17) is 5.11 Å². The summed E-state index contributed by atoms with van der Waals surface area (Å²) in [4.78, 5) is 9.91. The van der Waals surface area contributed by atoms with Gasteiger partial charge in [0.25, 0.3) is 0 Å². The molecule has 0 aromatic heterocycles. The zero-order valence-electron chi connectivity index (χ0n) is 6.32. The molecule has 0 atom stereocenters. The van der Waals surface area contributed by atoms with Gasteiger partial charge in [0.05, 0.1) is 6.26 Å². The quantitative estimate of drug-likeness (QED) is 0.360. The molecule has 0 saturated carbocycles. The highest BCUT2D eigenvalue weighted by atomic mass is 16.5. The Balaban J connectivity index is 3.16. The predicted molar refractivity (Wildman–Crippen MR) is 42.2 cm³/mol. The molecule has 0 aliphatic heterocycles. The molecule has 0 aromatic carbocycles. The molecule has 3 heteroatoms. The summed E-state index contributed by atoms with van der Waals surface area (Å²) in [7, 11) is 0. The number of ether oxygens (including phenoxy) is 1. The summed E-state index contributed by atoms with van der Waals surface area (Å²) in [5.74, 6) is -0.960. The van der Waals surface area contributed by atoms with Crippen molar-refractivity contribution in [1.29, 1.82) is 0 Å². The van der Waals surface area contributed by atoms with Crippen molar-refractivity contribution in [2.75, 3.05) is 6.61 Å². The molecule has 62 valence electrons. The molecule has 0 heterocycles. The average molecular weight is 156 g/mol. The first-order valence-corrected chi connectivity index (χ1v) is 3.36. The van der Waals surface area contributed by atoms with Crippen molar-refractivity contribution in [1.82, 2.24) is 0 Å². The molecule has 0 unspecified atom stereocenters. The summed E-state index contributed by atoms with van der Waals surface area (Å²) >= 11 is 0. The lowest BCUT2D eigenvalue weighted by Gasteiger charge is -1.92. The van der Waals surface area contributed by atoms with Crippen molar-refractivity contribution in [3.05, 3.63) is 25.0 Å². The lowest BCUT2D eigenvalue weighted by molar-refractivity contribution is -0.140. The summed E-state index contributed by atoms with van der Waals surface area (Å²) in [6.45, 7) is 3.26. The molecule has 0 aliphatic carbocycles. The fourth-order valence-electron chi connectivity index (χ4n) is 0.470. The molecular weight excluding hydrogens is 144 g/mol. The zero-order valence-corrected chi connectivity index (χ0v) is 6.32. The van der Waals surface area contributed by atoms with Crippen LogP contribution in [0.2, 0.25) is 0 Å². The van der Waals surface area contributed by atoms with E-state index in [0.29, 0.717) is 0 Å². The number of carboxylic acid groups (broad SMARTS) is 1. The largest absolute Gasteiger partial charge is 0.490 e. The van der Waals surface area contributed by atoms with E-state index < -0.39 is 5.97 Å². The summed E-state index contributed by atoms with van der Waals surface area (Å²) < 4.78 is 4.63.